The van der Waals surface area contributed by atoms with Crippen molar-refractivity contribution in [2.24, 2.45) is 0 Å². The zero-order valence-electron chi connectivity index (χ0n) is 31.2. The van der Waals surface area contributed by atoms with E-state index in [9.17, 15) is 0 Å². The first-order valence-electron chi connectivity index (χ1n) is 16.2. The monoisotopic (exact) mass is 682 g/mol. The predicted octanol–water partition coefficient (Wildman–Crippen LogP) is 9.59. The molecule has 2 N–H and O–H groups in total. The first-order valence-corrected chi connectivity index (χ1v) is 24.9. The maximum atomic E-state index is 17.5. The summed E-state index contributed by atoms with van der Waals surface area (Å²) < 4.78 is 50.0. The zero-order valence-corrected chi connectivity index (χ0v) is 34.2. The highest BCUT2D eigenvalue weighted by Crippen LogP contribution is 2.47. The Bertz CT molecular complexity index is 1200. The molecule has 1 aromatic carbocycles. The lowest BCUT2D eigenvalue weighted by Gasteiger charge is -2.45. The summed E-state index contributed by atoms with van der Waals surface area (Å²) in [5.41, 5.74) is 1.88. The van der Waals surface area contributed by atoms with Gasteiger partial charge in [-0.25, -0.2) is 4.39 Å². The average Bonchev–Trinajstić information content (AvgIpc) is 3.08. The molecular weight excluding hydrogens is 620 g/mol. The van der Waals surface area contributed by atoms with Gasteiger partial charge < -0.3 is 28.1 Å². The molecule has 1 heterocycles. The van der Waals surface area contributed by atoms with Gasteiger partial charge in [-0.3, -0.25) is 5.41 Å². The number of rotatable bonds is 11. The zero-order chi connectivity index (χ0) is 35.0. The summed E-state index contributed by atoms with van der Waals surface area (Å²) >= 11 is 0. The van der Waals surface area contributed by atoms with Crippen LogP contribution in [0.15, 0.2) is 30.5 Å². The van der Waals surface area contributed by atoms with Gasteiger partial charge in [0, 0.05) is 12.3 Å². The molecule has 1 aliphatic heterocycles. The molecule has 0 saturated carbocycles. The Labute approximate surface area is 276 Å². The third-order valence-electron chi connectivity index (χ3n) is 10.4. The largest absolute Gasteiger partial charge is 0.439 e. The summed E-state index contributed by atoms with van der Waals surface area (Å²) in [5, 5.41) is 11.3. The second-order valence-corrected chi connectivity index (χ2v) is 31.5. The number of benzene rings is 1. The van der Waals surface area contributed by atoms with Crippen molar-refractivity contribution < 1.29 is 27.1 Å². The number of hydrogen-bond acceptors (Lipinski definition) is 7. The smallest absolute Gasteiger partial charge is 0.261 e. The number of para-hydroxylation sites is 1. The van der Waals surface area contributed by atoms with Crippen molar-refractivity contribution in [1.29, 1.82) is 5.41 Å². The summed E-state index contributed by atoms with van der Waals surface area (Å²) in [6, 6.07) is 5.85. The Morgan fingerprint density at radius 3 is 1.80 bits per heavy atom. The van der Waals surface area contributed by atoms with E-state index >= 15 is 4.39 Å². The summed E-state index contributed by atoms with van der Waals surface area (Å²) in [4.78, 5) is 0. The topological polar surface area (TPSA) is 82.0 Å². The number of nitrogens with one attached hydrogen (secondary N) is 2. The van der Waals surface area contributed by atoms with Gasteiger partial charge in [-0.05, 0) is 79.4 Å². The second-order valence-electron chi connectivity index (χ2n) is 17.2. The summed E-state index contributed by atoms with van der Waals surface area (Å²) in [7, 11) is -7.25. The quantitative estimate of drug-likeness (QED) is 0.137. The van der Waals surface area contributed by atoms with Gasteiger partial charge >= 0.3 is 0 Å². The summed E-state index contributed by atoms with van der Waals surface area (Å²) in [6.07, 6.45) is 0.421. The lowest BCUT2D eigenvalue weighted by molar-refractivity contribution is -0.192. The van der Waals surface area contributed by atoms with E-state index in [0.29, 0.717) is 5.75 Å². The molecule has 1 aromatic rings. The molecule has 0 aromatic heterocycles. The first-order chi connectivity index (χ1) is 20.0. The van der Waals surface area contributed by atoms with E-state index in [1.54, 1.807) is 6.20 Å². The molecule has 258 valence electrons. The first kappa shape index (κ1) is 39.8. The van der Waals surface area contributed by atoms with Crippen LogP contribution in [0.1, 0.15) is 73.4 Å². The minimum absolute atomic E-state index is 0.0541. The predicted molar refractivity (Wildman–Crippen MR) is 193 cm³/mol. The van der Waals surface area contributed by atoms with Crippen molar-refractivity contribution in [3.05, 3.63) is 41.6 Å². The molecule has 7 nitrogen and oxygen atoms in total. The van der Waals surface area contributed by atoms with Crippen LogP contribution in [0.5, 0.6) is 5.75 Å². The SMILES string of the molecule is Cc1cccc(C)c1OC(=N)/C=C\N[C@@H]1O[C@](F)(CO[Si](C)(C)C(C)(C)C)C(O[Si](C)(C)C(C)(C)C)C1O[Si](C)(C)C(C)(C)C. The van der Waals surface area contributed by atoms with Crippen LogP contribution in [0.4, 0.5) is 4.39 Å². The van der Waals surface area contributed by atoms with E-state index in [0.717, 1.165) is 11.1 Å². The average molecular weight is 683 g/mol. The van der Waals surface area contributed by atoms with Gasteiger partial charge in [0.1, 0.15) is 18.0 Å². The van der Waals surface area contributed by atoms with E-state index in [1.165, 1.54) is 6.08 Å². The number of hydrogen-bond donors (Lipinski definition) is 2. The summed E-state index contributed by atoms with van der Waals surface area (Å²) in [6.45, 7) is 35.7. The van der Waals surface area contributed by atoms with Crippen molar-refractivity contribution in [3.63, 3.8) is 0 Å². The van der Waals surface area contributed by atoms with Crippen molar-refractivity contribution in [2.75, 3.05) is 6.61 Å². The van der Waals surface area contributed by atoms with E-state index in [4.69, 9.17) is 28.2 Å². The minimum Gasteiger partial charge on any atom is -0.439 e. The Kier molecular flexibility index (Phi) is 12.1. The van der Waals surface area contributed by atoms with Crippen LogP contribution in [0.25, 0.3) is 0 Å². The van der Waals surface area contributed by atoms with Crippen LogP contribution in [-0.4, -0.2) is 61.7 Å². The van der Waals surface area contributed by atoms with Crippen LogP contribution < -0.4 is 10.1 Å². The van der Waals surface area contributed by atoms with Gasteiger partial charge in [0.2, 0.25) is 5.90 Å². The Hall–Kier alpha value is -1.35. The van der Waals surface area contributed by atoms with Gasteiger partial charge in [0.25, 0.3) is 5.85 Å². The molecule has 45 heavy (non-hydrogen) atoms. The maximum Gasteiger partial charge on any atom is 0.261 e. The lowest BCUT2D eigenvalue weighted by Crippen LogP contribution is -2.58. The Morgan fingerprint density at radius 1 is 0.867 bits per heavy atom. The third kappa shape index (κ3) is 9.61. The lowest BCUT2D eigenvalue weighted by atomic mass is 10.1. The second kappa shape index (κ2) is 13.6. The molecule has 0 amide bonds. The van der Waals surface area contributed by atoms with Crippen molar-refractivity contribution in [1.82, 2.24) is 5.32 Å². The van der Waals surface area contributed by atoms with Gasteiger partial charge in [-0.2, -0.15) is 0 Å². The van der Waals surface area contributed by atoms with Crippen molar-refractivity contribution in [2.45, 2.75) is 155 Å². The molecule has 2 unspecified atom stereocenters. The van der Waals surface area contributed by atoms with Gasteiger partial charge in [-0.1, -0.05) is 80.5 Å². The molecule has 0 spiro atoms. The van der Waals surface area contributed by atoms with Gasteiger partial charge in [-0.15, -0.1) is 0 Å². The highest BCUT2D eigenvalue weighted by Gasteiger charge is 2.62. The van der Waals surface area contributed by atoms with Gasteiger partial charge in [0.15, 0.2) is 31.2 Å². The highest BCUT2D eigenvalue weighted by atomic mass is 28.4. The Balaban J connectivity index is 2.53. The number of ether oxygens (including phenoxy) is 2. The molecular formula is C34H63FN2O5Si3. The van der Waals surface area contributed by atoms with Gasteiger partial charge in [0.05, 0.1) is 6.61 Å². The molecule has 1 aliphatic rings. The molecule has 0 radical (unpaired) electrons. The summed E-state index contributed by atoms with van der Waals surface area (Å²) in [5.74, 6) is -1.66. The van der Waals surface area contributed by atoms with Crippen molar-refractivity contribution >= 4 is 30.8 Å². The van der Waals surface area contributed by atoms with E-state index in [1.807, 2.05) is 32.0 Å². The fourth-order valence-corrected chi connectivity index (χ4v) is 7.67. The molecule has 0 bridgehead atoms. The van der Waals surface area contributed by atoms with Crippen LogP contribution in [0.2, 0.25) is 54.4 Å². The molecule has 2 rings (SSSR count). The van der Waals surface area contributed by atoms with Crippen LogP contribution in [0, 0.1) is 19.3 Å². The van der Waals surface area contributed by atoms with E-state index in [2.05, 4.69) is 107 Å². The Morgan fingerprint density at radius 2 is 1.33 bits per heavy atom. The molecule has 11 heteroatoms. The number of alkyl halides is 1. The standard InChI is InChI=1S/C34H63FN2O5Si3/c1-24-19-18-20-25(2)27(24)39-26(36)21-22-37-30-28(41-44(14,15)32(6,7)8)29(42-45(16,17)33(9,10)11)34(35,40-30)23-38-43(12,13)31(3,4)5/h18-22,28-30,36-37H,23H2,1-17H3/b22-21-,36-26?/t28?,29?,30-,34-/m1/s1. The van der Waals surface area contributed by atoms with E-state index in [-0.39, 0.29) is 27.6 Å². The normalized spacial score (nSPS) is 23.9. The van der Waals surface area contributed by atoms with Crippen LogP contribution in [0.3, 0.4) is 0 Å². The fraction of sp³-hybridized carbons (Fsp3) is 0.735. The number of aryl methyl sites for hydroxylation is 2. The minimum atomic E-state index is -2.49. The molecule has 4 atom stereocenters. The van der Waals surface area contributed by atoms with E-state index < -0.39 is 49.2 Å². The molecule has 0 aliphatic carbocycles. The molecule has 1 fully saturated rings. The van der Waals surface area contributed by atoms with Crippen molar-refractivity contribution in [3.8, 4) is 5.75 Å². The fourth-order valence-electron chi connectivity index (χ4n) is 4.10. The van der Waals surface area contributed by atoms with Crippen LogP contribution >= 0.6 is 0 Å². The molecule has 1 saturated heterocycles. The maximum absolute atomic E-state index is 17.5. The third-order valence-corrected chi connectivity index (χ3v) is 23.8. The number of halogens is 1. The highest BCUT2D eigenvalue weighted by molar-refractivity contribution is 6.75. The van der Waals surface area contributed by atoms with Crippen LogP contribution in [-0.2, 0) is 18.0 Å².